The Morgan fingerprint density at radius 3 is 2.71 bits per heavy atom. The molecule has 0 atom stereocenters. The molecule has 0 bridgehead atoms. The summed E-state index contributed by atoms with van der Waals surface area (Å²) in [7, 11) is 0. The maximum atomic E-state index is 5.84. The van der Waals surface area contributed by atoms with Crippen LogP contribution in [0.3, 0.4) is 0 Å². The zero-order valence-electron chi connectivity index (χ0n) is 12.2. The van der Waals surface area contributed by atoms with Crippen LogP contribution in [0.4, 0.5) is 11.9 Å². The van der Waals surface area contributed by atoms with Gasteiger partial charge in [0.1, 0.15) is 12.7 Å². The second-order valence-corrected chi connectivity index (χ2v) is 5.21. The van der Waals surface area contributed by atoms with Crippen molar-refractivity contribution in [2.45, 2.75) is 45.1 Å². The molecule has 1 aliphatic carbocycles. The Bertz CT molecular complexity index is 576. The molecule has 2 aromatic rings. The molecule has 2 N–H and O–H groups in total. The highest BCUT2D eigenvalue weighted by Gasteiger charge is 2.23. The number of aromatic nitrogens is 6. The van der Waals surface area contributed by atoms with Crippen LogP contribution in [0.15, 0.2) is 12.7 Å². The lowest BCUT2D eigenvalue weighted by Crippen LogP contribution is -2.38. The molecular weight excluding hydrogens is 268 g/mol. The number of nitrogens with zero attached hydrogens (tertiary/aromatic N) is 7. The summed E-state index contributed by atoms with van der Waals surface area (Å²) in [5.41, 5.74) is 5.84. The third-order valence-electron chi connectivity index (χ3n) is 3.87. The van der Waals surface area contributed by atoms with Gasteiger partial charge in [0.15, 0.2) is 0 Å². The fourth-order valence-electron chi connectivity index (χ4n) is 2.87. The van der Waals surface area contributed by atoms with Gasteiger partial charge in [-0.25, -0.2) is 4.98 Å². The molecule has 0 amide bonds. The molecule has 0 spiro atoms. The van der Waals surface area contributed by atoms with Crippen molar-refractivity contribution in [1.29, 1.82) is 0 Å². The van der Waals surface area contributed by atoms with E-state index in [4.69, 9.17) is 5.73 Å². The highest BCUT2D eigenvalue weighted by atomic mass is 15.4. The van der Waals surface area contributed by atoms with Crippen LogP contribution in [-0.2, 0) is 0 Å². The predicted molar refractivity (Wildman–Crippen MR) is 79.0 cm³/mol. The molecule has 2 aromatic heterocycles. The van der Waals surface area contributed by atoms with Crippen LogP contribution < -0.4 is 10.6 Å². The fourth-order valence-corrected chi connectivity index (χ4v) is 2.87. The lowest BCUT2D eigenvalue weighted by molar-refractivity contribution is 0.414. The van der Waals surface area contributed by atoms with Crippen molar-refractivity contribution >= 4 is 11.9 Å². The molecule has 21 heavy (non-hydrogen) atoms. The van der Waals surface area contributed by atoms with E-state index < -0.39 is 0 Å². The van der Waals surface area contributed by atoms with E-state index in [1.54, 1.807) is 6.33 Å². The highest BCUT2D eigenvalue weighted by molar-refractivity contribution is 5.38. The first-order valence-electron chi connectivity index (χ1n) is 7.41. The molecule has 1 saturated carbocycles. The molecule has 8 heteroatoms. The summed E-state index contributed by atoms with van der Waals surface area (Å²) in [5.74, 6) is 1.24. The fraction of sp³-hybridized carbons (Fsp3) is 0.615. The van der Waals surface area contributed by atoms with Gasteiger partial charge in [-0.05, 0) is 19.8 Å². The summed E-state index contributed by atoms with van der Waals surface area (Å²) in [6.45, 7) is 2.97. The van der Waals surface area contributed by atoms with Gasteiger partial charge in [0, 0.05) is 12.6 Å². The Hall–Kier alpha value is -2.25. The van der Waals surface area contributed by atoms with E-state index >= 15 is 0 Å². The van der Waals surface area contributed by atoms with Gasteiger partial charge in [-0.2, -0.15) is 24.7 Å². The Balaban J connectivity index is 1.92. The Morgan fingerprint density at radius 1 is 1.24 bits per heavy atom. The number of hydrogen-bond acceptors (Lipinski definition) is 7. The summed E-state index contributed by atoms with van der Waals surface area (Å²) in [6.07, 6.45) is 9.19. The molecule has 0 unspecified atom stereocenters. The molecule has 0 saturated heterocycles. The van der Waals surface area contributed by atoms with Crippen LogP contribution in [-0.4, -0.2) is 42.3 Å². The van der Waals surface area contributed by atoms with E-state index in [0.29, 0.717) is 17.9 Å². The Morgan fingerprint density at radius 2 is 2.05 bits per heavy atom. The molecule has 0 aromatic carbocycles. The van der Waals surface area contributed by atoms with Gasteiger partial charge < -0.3 is 10.6 Å². The van der Waals surface area contributed by atoms with E-state index in [2.05, 4.69) is 36.9 Å². The van der Waals surface area contributed by atoms with Gasteiger partial charge >= 0.3 is 0 Å². The second kappa shape index (κ2) is 6.02. The third-order valence-corrected chi connectivity index (χ3v) is 3.87. The molecule has 8 nitrogen and oxygen atoms in total. The van der Waals surface area contributed by atoms with E-state index in [0.717, 1.165) is 6.54 Å². The van der Waals surface area contributed by atoms with Crippen LogP contribution >= 0.6 is 0 Å². The molecule has 0 radical (unpaired) electrons. The van der Waals surface area contributed by atoms with Crippen LogP contribution in [0.2, 0.25) is 0 Å². The molecule has 1 aliphatic rings. The molecule has 112 valence electrons. The monoisotopic (exact) mass is 288 g/mol. The first kappa shape index (κ1) is 13.7. The first-order chi connectivity index (χ1) is 10.3. The maximum absolute atomic E-state index is 5.84. The molecular formula is C13H20N8. The number of anilines is 2. The quantitative estimate of drug-likeness (QED) is 0.902. The molecule has 1 fully saturated rings. The van der Waals surface area contributed by atoms with Gasteiger partial charge in [-0.1, -0.05) is 19.3 Å². The molecule has 2 heterocycles. The van der Waals surface area contributed by atoms with Gasteiger partial charge in [-0.3, -0.25) is 0 Å². The van der Waals surface area contributed by atoms with Crippen molar-refractivity contribution in [3.63, 3.8) is 0 Å². The third kappa shape index (κ3) is 2.93. The van der Waals surface area contributed by atoms with E-state index in [1.165, 1.54) is 43.1 Å². The molecule has 0 aliphatic heterocycles. The minimum atomic E-state index is 0.208. The number of hydrogen-bond donors (Lipinski definition) is 1. The zero-order valence-corrected chi connectivity index (χ0v) is 12.2. The maximum Gasteiger partial charge on any atom is 0.258 e. The van der Waals surface area contributed by atoms with Crippen LogP contribution in [0.1, 0.15) is 39.0 Å². The standard InChI is InChI=1S/C13H20N8/c1-2-20(10-6-4-3-5-7-10)12-17-11(14)18-13(19-12)21-9-15-8-16-21/h8-10H,2-7H2,1H3,(H2,14,17,18,19). The van der Waals surface area contributed by atoms with E-state index in [9.17, 15) is 0 Å². The Kier molecular flexibility index (Phi) is 3.94. The zero-order chi connectivity index (χ0) is 14.7. The SMILES string of the molecule is CCN(c1nc(N)nc(-n2cncn2)n1)C1CCCCC1. The minimum Gasteiger partial charge on any atom is -0.368 e. The van der Waals surface area contributed by atoms with Gasteiger partial charge in [0.25, 0.3) is 5.95 Å². The topological polar surface area (TPSA) is 98.6 Å². The smallest absolute Gasteiger partial charge is 0.258 e. The normalized spacial score (nSPS) is 16.0. The van der Waals surface area contributed by atoms with Gasteiger partial charge in [0.2, 0.25) is 11.9 Å². The minimum absolute atomic E-state index is 0.208. The van der Waals surface area contributed by atoms with Crippen LogP contribution in [0.25, 0.3) is 5.95 Å². The molecule has 3 rings (SSSR count). The summed E-state index contributed by atoms with van der Waals surface area (Å²) in [5, 5.41) is 4.05. The number of rotatable bonds is 4. The summed E-state index contributed by atoms with van der Waals surface area (Å²) < 4.78 is 1.50. The summed E-state index contributed by atoms with van der Waals surface area (Å²) in [4.78, 5) is 19.1. The van der Waals surface area contributed by atoms with Crippen LogP contribution in [0.5, 0.6) is 0 Å². The van der Waals surface area contributed by atoms with Crippen molar-refractivity contribution in [3.05, 3.63) is 12.7 Å². The lowest BCUT2D eigenvalue weighted by Gasteiger charge is -2.33. The summed E-state index contributed by atoms with van der Waals surface area (Å²) >= 11 is 0. The average Bonchev–Trinajstić information content (AvgIpc) is 3.03. The average molecular weight is 288 g/mol. The highest BCUT2D eigenvalue weighted by Crippen LogP contribution is 2.25. The van der Waals surface area contributed by atoms with Gasteiger partial charge in [0.05, 0.1) is 0 Å². The van der Waals surface area contributed by atoms with Crippen molar-refractivity contribution in [2.75, 3.05) is 17.2 Å². The van der Waals surface area contributed by atoms with Crippen molar-refractivity contribution in [2.24, 2.45) is 0 Å². The predicted octanol–water partition coefficient (Wildman–Crippen LogP) is 1.19. The van der Waals surface area contributed by atoms with Crippen molar-refractivity contribution < 1.29 is 0 Å². The summed E-state index contributed by atoms with van der Waals surface area (Å²) in [6, 6.07) is 0.481. The van der Waals surface area contributed by atoms with Crippen LogP contribution in [0, 0.1) is 0 Å². The van der Waals surface area contributed by atoms with Gasteiger partial charge in [-0.15, -0.1) is 0 Å². The lowest BCUT2D eigenvalue weighted by atomic mass is 9.94. The largest absolute Gasteiger partial charge is 0.368 e. The second-order valence-electron chi connectivity index (χ2n) is 5.21. The Labute approximate surface area is 123 Å². The van der Waals surface area contributed by atoms with Crippen molar-refractivity contribution in [3.8, 4) is 5.95 Å². The van der Waals surface area contributed by atoms with E-state index in [-0.39, 0.29) is 5.95 Å². The number of nitrogens with two attached hydrogens (primary N) is 1. The van der Waals surface area contributed by atoms with Crippen molar-refractivity contribution in [1.82, 2.24) is 29.7 Å². The van der Waals surface area contributed by atoms with E-state index in [1.807, 2.05) is 0 Å². The number of nitrogen functional groups attached to an aromatic ring is 1. The first-order valence-corrected chi connectivity index (χ1v) is 7.41.